The topological polar surface area (TPSA) is 87.3 Å². The molecule has 4 aromatic carbocycles. The molecule has 0 saturated carbocycles. The highest BCUT2D eigenvalue weighted by Gasteiger charge is 2.18. The monoisotopic (exact) mass is 617 g/mol. The van der Waals surface area contributed by atoms with E-state index in [1.807, 2.05) is 45.0 Å². The molecule has 4 aromatic rings. The zero-order valence-electron chi connectivity index (χ0n) is 23.2. The van der Waals surface area contributed by atoms with Crippen molar-refractivity contribution >= 4 is 70.1 Å². The van der Waals surface area contributed by atoms with E-state index in [1.165, 1.54) is 17.8 Å². The number of rotatable bonds is 9. The summed E-state index contributed by atoms with van der Waals surface area (Å²) in [6, 6.07) is 26.6. The maximum Gasteiger partial charge on any atom is 0.272 e. The van der Waals surface area contributed by atoms with Crippen molar-refractivity contribution in [3.05, 3.63) is 129 Å². The van der Waals surface area contributed by atoms with Gasteiger partial charge >= 0.3 is 0 Å². The second kappa shape index (κ2) is 14.2. The Bertz CT molecular complexity index is 1620. The number of aryl methyl sites for hydroxylation is 2. The van der Waals surface area contributed by atoms with Gasteiger partial charge in [-0.1, -0.05) is 59.6 Å². The van der Waals surface area contributed by atoms with Crippen LogP contribution in [-0.4, -0.2) is 23.0 Å². The van der Waals surface area contributed by atoms with Crippen molar-refractivity contribution in [3.8, 4) is 0 Å². The smallest absolute Gasteiger partial charge is 0.272 e. The van der Waals surface area contributed by atoms with Crippen LogP contribution >= 0.6 is 35.0 Å². The number of carbonyl (C=O) groups is 3. The van der Waals surface area contributed by atoms with Gasteiger partial charge in [0.05, 0.1) is 15.3 Å². The molecule has 0 saturated heterocycles. The molecular weight excluding hydrogens is 589 g/mol. The summed E-state index contributed by atoms with van der Waals surface area (Å²) in [4.78, 5) is 39.8. The Balaban J connectivity index is 1.45. The number of anilines is 2. The van der Waals surface area contributed by atoms with Gasteiger partial charge < -0.3 is 16.0 Å². The van der Waals surface area contributed by atoms with E-state index in [2.05, 4.69) is 22.0 Å². The van der Waals surface area contributed by atoms with Crippen LogP contribution in [0.2, 0.25) is 10.0 Å². The molecule has 0 aliphatic rings. The van der Waals surface area contributed by atoms with Crippen LogP contribution < -0.4 is 16.0 Å². The number of benzene rings is 4. The number of amides is 3. The van der Waals surface area contributed by atoms with Crippen molar-refractivity contribution in [1.82, 2.24) is 5.32 Å². The Morgan fingerprint density at radius 1 is 0.786 bits per heavy atom. The third-order valence-corrected chi connectivity index (χ3v) is 8.04. The molecule has 0 aliphatic carbocycles. The fourth-order valence-corrected chi connectivity index (χ4v) is 5.32. The van der Waals surface area contributed by atoms with E-state index in [9.17, 15) is 14.4 Å². The van der Waals surface area contributed by atoms with Crippen LogP contribution in [0, 0.1) is 13.8 Å². The van der Waals surface area contributed by atoms with Crippen LogP contribution in [0.25, 0.3) is 6.08 Å². The number of thioether (sulfide) groups is 1. The minimum Gasteiger partial charge on any atom is -0.325 e. The first-order chi connectivity index (χ1) is 20.1. The van der Waals surface area contributed by atoms with Crippen molar-refractivity contribution in [2.45, 2.75) is 30.9 Å². The molecule has 0 aliphatic heterocycles. The summed E-state index contributed by atoms with van der Waals surface area (Å²) >= 11 is 13.9. The Kier molecular flexibility index (Phi) is 10.5. The molecule has 6 nitrogen and oxygen atoms in total. The molecule has 3 N–H and O–H groups in total. The van der Waals surface area contributed by atoms with Gasteiger partial charge in [0, 0.05) is 21.8 Å². The molecular formula is C33H29Cl2N3O3S. The number of hydrogen-bond donors (Lipinski definition) is 3. The molecule has 1 unspecified atom stereocenters. The molecule has 214 valence electrons. The normalized spacial score (nSPS) is 11.9. The molecule has 1 atom stereocenters. The minimum atomic E-state index is -0.545. The minimum absolute atomic E-state index is 0.0110. The first-order valence-corrected chi connectivity index (χ1v) is 14.7. The lowest BCUT2D eigenvalue weighted by Gasteiger charge is -2.14. The lowest BCUT2D eigenvalue weighted by Crippen LogP contribution is -2.30. The fraction of sp³-hybridized carbons (Fsp3) is 0.121. The third-order valence-electron chi connectivity index (χ3n) is 6.09. The highest BCUT2D eigenvalue weighted by atomic mass is 35.5. The summed E-state index contributed by atoms with van der Waals surface area (Å²) in [6.07, 6.45) is 1.48. The largest absolute Gasteiger partial charge is 0.325 e. The van der Waals surface area contributed by atoms with Crippen molar-refractivity contribution in [1.29, 1.82) is 0 Å². The van der Waals surface area contributed by atoms with Crippen LogP contribution in [0.15, 0.2) is 102 Å². The van der Waals surface area contributed by atoms with Gasteiger partial charge in [-0.15, -0.1) is 11.8 Å². The van der Waals surface area contributed by atoms with Gasteiger partial charge in [0.15, 0.2) is 0 Å². The highest BCUT2D eigenvalue weighted by Crippen LogP contribution is 2.28. The summed E-state index contributed by atoms with van der Waals surface area (Å²) in [6.45, 7) is 5.82. The average molecular weight is 619 g/mol. The van der Waals surface area contributed by atoms with Crippen molar-refractivity contribution in [2.24, 2.45) is 0 Å². The van der Waals surface area contributed by atoms with Gasteiger partial charge in [0.25, 0.3) is 11.8 Å². The van der Waals surface area contributed by atoms with E-state index in [1.54, 1.807) is 60.7 Å². The van der Waals surface area contributed by atoms with E-state index in [0.29, 0.717) is 21.8 Å². The van der Waals surface area contributed by atoms with Gasteiger partial charge in [0.1, 0.15) is 5.70 Å². The molecule has 0 spiro atoms. The molecule has 4 rings (SSSR count). The predicted octanol–water partition coefficient (Wildman–Crippen LogP) is 8.14. The van der Waals surface area contributed by atoms with Crippen LogP contribution in [0.4, 0.5) is 11.4 Å². The zero-order valence-corrected chi connectivity index (χ0v) is 25.5. The molecule has 0 bridgehead atoms. The lowest BCUT2D eigenvalue weighted by atomic mass is 10.1. The van der Waals surface area contributed by atoms with Gasteiger partial charge in [-0.05, 0) is 98.1 Å². The second-order valence-corrected chi connectivity index (χ2v) is 11.8. The van der Waals surface area contributed by atoms with Crippen LogP contribution in [0.5, 0.6) is 0 Å². The standard InChI is InChI=1S/C33H29Cl2N3O3S/c1-20-16-21(2)18-26(17-20)37-31(39)22(3)42-27-14-12-25(13-15-27)36-33(41)29(19-24-10-7-11-28(34)30(24)35)38-32(40)23-8-5-4-6-9-23/h4-19,22H,1-3H3,(H,36,41)(H,37,39)(H,38,40)/b29-19-. The van der Waals surface area contributed by atoms with E-state index in [0.717, 1.165) is 21.7 Å². The van der Waals surface area contributed by atoms with Crippen LogP contribution in [0.1, 0.15) is 34.0 Å². The Morgan fingerprint density at radius 2 is 1.45 bits per heavy atom. The van der Waals surface area contributed by atoms with E-state index < -0.39 is 11.8 Å². The lowest BCUT2D eigenvalue weighted by molar-refractivity contribution is -0.115. The first-order valence-electron chi connectivity index (χ1n) is 13.1. The third kappa shape index (κ3) is 8.49. The number of nitrogens with one attached hydrogen (secondary N) is 3. The van der Waals surface area contributed by atoms with Gasteiger partial charge in [-0.2, -0.15) is 0 Å². The van der Waals surface area contributed by atoms with Gasteiger partial charge in [-0.25, -0.2) is 0 Å². The van der Waals surface area contributed by atoms with Gasteiger partial charge in [-0.3, -0.25) is 14.4 Å². The molecule has 0 radical (unpaired) electrons. The summed E-state index contributed by atoms with van der Waals surface area (Å²) in [5.41, 5.74) is 4.29. The Hall–Kier alpha value is -4.04. The Labute approximate surface area is 259 Å². The number of hydrogen-bond acceptors (Lipinski definition) is 4. The summed E-state index contributed by atoms with van der Waals surface area (Å²) < 4.78 is 0. The predicted molar refractivity (Wildman–Crippen MR) is 173 cm³/mol. The zero-order chi connectivity index (χ0) is 30.2. The second-order valence-electron chi connectivity index (χ2n) is 9.63. The van der Waals surface area contributed by atoms with Crippen LogP contribution in [0.3, 0.4) is 0 Å². The Morgan fingerprint density at radius 3 is 2.12 bits per heavy atom. The molecule has 0 heterocycles. The quantitative estimate of drug-likeness (QED) is 0.131. The first kappa shape index (κ1) is 30.9. The maximum atomic E-state index is 13.3. The number of carbonyl (C=O) groups excluding carboxylic acids is 3. The van der Waals surface area contributed by atoms with Crippen LogP contribution in [-0.2, 0) is 9.59 Å². The summed E-state index contributed by atoms with van der Waals surface area (Å²) in [5.74, 6) is -1.10. The van der Waals surface area contributed by atoms with Crippen molar-refractivity contribution in [3.63, 3.8) is 0 Å². The maximum absolute atomic E-state index is 13.3. The molecule has 0 fully saturated rings. The molecule has 3 amide bonds. The van der Waals surface area contributed by atoms with E-state index in [4.69, 9.17) is 23.2 Å². The fourth-order valence-electron chi connectivity index (χ4n) is 4.09. The summed E-state index contributed by atoms with van der Waals surface area (Å²) in [7, 11) is 0. The van der Waals surface area contributed by atoms with E-state index in [-0.39, 0.29) is 21.9 Å². The summed E-state index contributed by atoms with van der Waals surface area (Å²) in [5, 5.41) is 8.70. The number of halogens is 2. The molecule has 9 heteroatoms. The average Bonchev–Trinajstić information content (AvgIpc) is 2.95. The highest BCUT2D eigenvalue weighted by molar-refractivity contribution is 8.00. The molecule has 0 aromatic heterocycles. The van der Waals surface area contributed by atoms with E-state index >= 15 is 0 Å². The van der Waals surface area contributed by atoms with Crippen molar-refractivity contribution < 1.29 is 14.4 Å². The van der Waals surface area contributed by atoms with Crippen molar-refractivity contribution in [2.75, 3.05) is 10.6 Å². The molecule has 42 heavy (non-hydrogen) atoms. The SMILES string of the molecule is Cc1cc(C)cc(NC(=O)C(C)Sc2ccc(NC(=O)/C(=C/c3cccc(Cl)c3Cl)NC(=O)c3ccccc3)cc2)c1. The van der Waals surface area contributed by atoms with Gasteiger partial charge in [0.2, 0.25) is 5.91 Å².